The second kappa shape index (κ2) is 11.3. The second-order valence-corrected chi connectivity index (χ2v) is 7.55. The van der Waals surface area contributed by atoms with Crippen molar-refractivity contribution >= 4 is 12.0 Å². The Balaban J connectivity index is 1.48. The molecule has 1 aliphatic rings. The van der Waals surface area contributed by atoms with Crippen molar-refractivity contribution < 1.29 is 14.3 Å². The molecule has 0 saturated carbocycles. The number of carbonyl (C=O) groups is 2. The van der Waals surface area contributed by atoms with Crippen LogP contribution in [0.3, 0.4) is 0 Å². The van der Waals surface area contributed by atoms with Gasteiger partial charge in [-0.2, -0.15) is 0 Å². The van der Waals surface area contributed by atoms with E-state index in [1.54, 1.807) is 0 Å². The highest BCUT2D eigenvalue weighted by molar-refractivity contribution is 5.82. The third-order valence-corrected chi connectivity index (χ3v) is 5.18. The van der Waals surface area contributed by atoms with E-state index in [1.807, 2.05) is 60.7 Å². The number of nitrogens with zero attached hydrogens (tertiary/aromatic N) is 2. The fourth-order valence-corrected chi connectivity index (χ4v) is 3.38. The minimum absolute atomic E-state index is 0.125. The van der Waals surface area contributed by atoms with Crippen molar-refractivity contribution in [3.63, 3.8) is 0 Å². The Labute approximate surface area is 178 Å². The van der Waals surface area contributed by atoms with Crippen molar-refractivity contribution in [3.8, 4) is 0 Å². The molecular weight excluding hydrogens is 380 g/mol. The van der Waals surface area contributed by atoms with Gasteiger partial charge in [-0.25, -0.2) is 4.79 Å². The van der Waals surface area contributed by atoms with Crippen LogP contribution in [-0.2, 0) is 16.1 Å². The molecule has 1 atom stereocenters. The van der Waals surface area contributed by atoms with Crippen molar-refractivity contribution in [1.29, 1.82) is 0 Å². The number of hydrogen-bond donors (Lipinski definition) is 2. The standard InChI is InChI=1S/C23H30N4O3/c1-26-12-14-27(15-13-26)17-21(20-10-6-3-7-11-20)25-22(28)16-24-23(29)30-18-19-8-4-2-5-9-19/h2-11,21H,12-18H2,1H3,(H,24,29)(H,25,28). The maximum atomic E-state index is 12.5. The zero-order chi connectivity index (χ0) is 21.2. The van der Waals surface area contributed by atoms with Crippen molar-refractivity contribution in [2.24, 2.45) is 0 Å². The molecule has 0 radical (unpaired) electrons. The average Bonchev–Trinajstić information content (AvgIpc) is 2.78. The van der Waals surface area contributed by atoms with Gasteiger partial charge in [-0.3, -0.25) is 9.69 Å². The highest BCUT2D eigenvalue weighted by Gasteiger charge is 2.21. The third kappa shape index (κ3) is 7.17. The first-order chi connectivity index (χ1) is 14.6. The van der Waals surface area contributed by atoms with Crippen LogP contribution in [0.15, 0.2) is 60.7 Å². The summed E-state index contributed by atoms with van der Waals surface area (Å²) in [5.74, 6) is -0.241. The molecular formula is C23H30N4O3. The Morgan fingerprint density at radius 2 is 1.60 bits per heavy atom. The van der Waals surface area contributed by atoms with Crippen molar-refractivity contribution in [3.05, 3.63) is 71.8 Å². The van der Waals surface area contributed by atoms with Gasteiger partial charge in [-0.15, -0.1) is 0 Å². The fraction of sp³-hybridized carbons (Fsp3) is 0.391. The molecule has 0 bridgehead atoms. The van der Waals surface area contributed by atoms with E-state index in [1.165, 1.54) is 0 Å². The van der Waals surface area contributed by atoms with Crippen molar-refractivity contribution in [1.82, 2.24) is 20.4 Å². The summed E-state index contributed by atoms with van der Waals surface area (Å²) in [6, 6.07) is 19.2. The summed E-state index contributed by atoms with van der Waals surface area (Å²) < 4.78 is 5.16. The fourth-order valence-electron chi connectivity index (χ4n) is 3.38. The molecule has 160 valence electrons. The number of nitrogens with one attached hydrogen (secondary N) is 2. The number of rotatable bonds is 8. The normalized spacial score (nSPS) is 15.9. The van der Waals surface area contributed by atoms with Gasteiger partial charge in [0, 0.05) is 32.7 Å². The summed E-state index contributed by atoms with van der Waals surface area (Å²) in [6.45, 7) is 4.76. The van der Waals surface area contributed by atoms with Gasteiger partial charge in [0.25, 0.3) is 0 Å². The van der Waals surface area contributed by atoms with Gasteiger partial charge in [0.15, 0.2) is 0 Å². The Kier molecular flexibility index (Phi) is 8.23. The number of alkyl carbamates (subject to hydrolysis) is 1. The van der Waals surface area contributed by atoms with Crippen LogP contribution in [0, 0.1) is 0 Å². The van der Waals surface area contributed by atoms with E-state index >= 15 is 0 Å². The highest BCUT2D eigenvalue weighted by Crippen LogP contribution is 2.15. The summed E-state index contributed by atoms with van der Waals surface area (Å²) in [6.07, 6.45) is -0.607. The molecule has 2 aromatic rings. The molecule has 0 spiro atoms. The van der Waals surface area contributed by atoms with Crippen LogP contribution in [0.1, 0.15) is 17.2 Å². The zero-order valence-corrected chi connectivity index (χ0v) is 17.4. The number of benzene rings is 2. The van der Waals surface area contributed by atoms with Gasteiger partial charge in [-0.1, -0.05) is 60.7 Å². The molecule has 7 nitrogen and oxygen atoms in total. The Morgan fingerprint density at radius 1 is 0.967 bits per heavy atom. The number of piperazine rings is 1. The summed E-state index contributed by atoms with van der Waals surface area (Å²) in [5, 5.41) is 5.58. The predicted octanol–water partition coefficient (Wildman–Crippen LogP) is 2.02. The number of likely N-dealkylation sites (N-methyl/N-ethyl adjacent to an activating group) is 1. The van der Waals surface area contributed by atoms with Crippen LogP contribution in [-0.4, -0.2) is 68.1 Å². The maximum absolute atomic E-state index is 12.5. The predicted molar refractivity (Wildman–Crippen MR) is 116 cm³/mol. The van der Waals surface area contributed by atoms with Crippen LogP contribution in [0.2, 0.25) is 0 Å². The lowest BCUT2D eigenvalue weighted by molar-refractivity contribution is -0.121. The SMILES string of the molecule is CN1CCN(CC(NC(=O)CNC(=O)OCc2ccccc2)c2ccccc2)CC1. The second-order valence-electron chi connectivity index (χ2n) is 7.55. The molecule has 7 heteroatoms. The van der Waals surface area contributed by atoms with Gasteiger partial charge >= 0.3 is 6.09 Å². The molecule has 0 aliphatic carbocycles. The van der Waals surface area contributed by atoms with Gasteiger partial charge < -0.3 is 20.3 Å². The monoisotopic (exact) mass is 410 g/mol. The molecule has 2 aromatic carbocycles. The van der Waals surface area contributed by atoms with Gasteiger partial charge in [0.2, 0.25) is 5.91 Å². The maximum Gasteiger partial charge on any atom is 0.407 e. The summed E-state index contributed by atoms with van der Waals surface area (Å²) >= 11 is 0. The minimum atomic E-state index is -0.607. The molecule has 1 unspecified atom stereocenters. The van der Waals surface area contributed by atoms with Gasteiger partial charge in [-0.05, 0) is 18.2 Å². The van der Waals surface area contributed by atoms with E-state index < -0.39 is 6.09 Å². The smallest absolute Gasteiger partial charge is 0.407 e. The van der Waals surface area contributed by atoms with Crippen LogP contribution < -0.4 is 10.6 Å². The average molecular weight is 411 g/mol. The molecule has 2 N–H and O–H groups in total. The lowest BCUT2D eigenvalue weighted by atomic mass is 10.1. The number of hydrogen-bond acceptors (Lipinski definition) is 5. The van der Waals surface area contributed by atoms with E-state index in [4.69, 9.17) is 4.74 Å². The van der Waals surface area contributed by atoms with E-state index in [0.717, 1.165) is 43.9 Å². The summed E-state index contributed by atoms with van der Waals surface area (Å²) in [5.41, 5.74) is 1.95. The highest BCUT2D eigenvalue weighted by atomic mass is 16.5. The van der Waals surface area contributed by atoms with Crippen LogP contribution in [0.25, 0.3) is 0 Å². The first kappa shape index (κ1) is 21.8. The number of carbonyl (C=O) groups excluding carboxylic acids is 2. The Hall–Kier alpha value is -2.90. The summed E-state index contributed by atoms with van der Waals surface area (Å²) in [7, 11) is 2.12. The lowest BCUT2D eigenvalue weighted by Crippen LogP contribution is -2.48. The lowest BCUT2D eigenvalue weighted by Gasteiger charge is -2.35. The molecule has 1 saturated heterocycles. The van der Waals surface area contributed by atoms with Crippen LogP contribution in [0.4, 0.5) is 4.79 Å². The first-order valence-corrected chi connectivity index (χ1v) is 10.3. The van der Waals surface area contributed by atoms with Crippen molar-refractivity contribution in [2.75, 3.05) is 46.3 Å². The molecule has 0 aromatic heterocycles. The van der Waals surface area contributed by atoms with Gasteiger partial charge in [0.05, 0.1) is 6.04 Å². The topological polar surface area (TPSA) is 73.9 Å². The minimum Gasteiger partial charge on any atom is -0.445 e. The largest absolute Gasteiger partial charge is 0.445 e. The van der Waals surface area contributed by atoms with E-state index in [0.29, 0.717) is 0 Å². The molecule has 1 heterocycles. The first-order valence-electron chi connectivity index (χ1n) is 10.3. The Morgan fingerprint density at radius 3 is 2.27 bits per heavy atom. The number of amides is 2. The van der Waals surface area contributed by atoms with E-state index in [2.05, 4.69) is 27.5 Å². The van der Waals surface area contributed by atoms with Crippen LogP contribution in [0.5, 0.6) is 0 Å². The quantitative estimate of drug-likeness (QED) is 0.697. The van der Waals surface area contributed by atoms with E-state index in [-0.39, 0.29) is 25.1 Å². The Bertz CT molecular complexity index is 793. The van der Waals surface area contributed by atoms with E-state index in [9.17, 15) is 9.59 Å². The van der Waals surface area contributed by atoms with Gasteiger partial charge in [0.1, 0.15) is 13.2 Å². The third-order valence-electron chi connectivity index (χ3n) is 5.18. The summed E-state index contributed by atoms with van der Waals surface area (Å²) in [4.78, 5) is 29.1. The number of ether oxygens (including phenoxy) is 1. The van der Waals surface area contributed by atoms with Crippen molar-refractivity contribution in [2.45, 2.75) is 12.6 Å². The van der Waals surface area contributed by atoms with Crippen LogP contribution >= 0.6 is 0 Å². The zero-order valence-electron chi connectivity index (χ0n) is 17.4. The molecule has 1 aliphatic heterocycles. The molecule has 30 heavy (non-hydrogen) atoms. The molecule has 2 amide bonds. The molecule has 3 rings (SSSR count). The molecule has 1 fully saturated rings.